The Kier molecular flexibility index (Phi) is 3.46. The van der Waals surface area contributed by atoms with E-state index in [-0.39, 0.29) is 13.8 Å². The molecule has 0 spiro atoms. The van der Waals surface area contributed by atoms with Crippen molar-refractivity contribution >= 4 is 19.1 Å². The average molecular weight is 287 g/mol. The molecule has 0 unspecified atom stereocenters. The van der Waals surface area contributed by atoms with E-state index in [1.54, 1.807) is 10.5 Å². The fraction of sp³-hybridized carbons (Fsp3) is 0.471. The molecule has 1 aromatic carbocycles. The number of fused-ring (bicyclic) bond motifs is 2. The van der Waals surface area contributed by atoms with Gasteiger partial charge in [-0.05, 0) is 25.6 Å². The first-order chi connectivity index (χ1) is 9.52. The molecule has 3 heteroatoms. The van der Waals surface area contributed by atoms with E-state index in [9.17, 15) is 4.79 Å². The largest absolute Gasteiger partial charge is 0.349 e. The van der Waals surface area contributed by atoms with Crippen LogP contribution in [0.5, 0.6) is 0 Å². The highest BCUT2D eigenvalue weighted by molar-refractivity contribution is 7.68. The van der Waals surface area contributed by atoms with Crippen molar-refractivity contribution in [3.05, 3.63) is 41.5 Å². The van der Waals surface area contributed by atoms with Crippen molar-refractivity contribution in [2.45, 2.75) is 31.6 Å². The minimum Gasteiger partial charge on any atom is -0.349 e. The predicted molar refractivity (Wildman–Crippen MR) is 85.7 cm³/mol. The lowest BCUT2D eigenvalue weighted by molar-refractivity contribution is -0.132. The maximum Gasteiger partial charge on any atom is 0.226 e. The van der Waals surface area contributed by atoms with Gasteiger partial charge in [-0.2, -0.15) is 0 Å². The summed E-state index contributed by atoms with van der Waals surface area (Å²) in [5.41, 5.74) is 4.11. The first-order valence-electron chi connectivity index (χ1n) is 7.24. The monoisotopic (exact) mass is 287 g/mol. The van der Waals surface area contributed by atoms with Gasteiger partial charge in [0.25, 0.3) is 0 Å². The minimum atomic E-state index is -0.248. The second-order valence-electron chi connectivity index (χ2n) is 6.14. The Bertz CT molecular complexity index is 564. The summed E-state index contributed by atoms with van der Waals surface area (Å²) >= 11 is 0. The van der Waals surface area contributed by atoms with Crippen molar-refractivity contribution in [1.82, 2.24) is 4.90 Å². The van der Waals surface area contributed by atoms with E-state index in [0.717, 1.165) is 6.42 Å². The molecular formula is C17H22NOP. The van der Waals surface area contributed by atoms with Crippen LogP contribution in [0.1, 0.15) is 20.3 Å². The predicted octanol–water partition coefficient (Wildman–Crippen LogP) is 2.99. The molecule has 1 aromatic rings. The van der Waals surface area contributed by atoms with E-state index < -0.39 is 0 Å². The SMILES string of the molecule is CC1=C(C)[C@@H]2[C@H](C(=O)N(C)C)C[C@H]1[P@@]2c1ccccc1. The molecule has 2 aliphatic rings. The molecule has 2 heterocycles. The minimum absolute atomic E-state index is 0.199. The van der Waals surface area contributed by atoms with Crippen molar-refractivity contribution in [2.75, 3.05) is 14.1 Å². The number of carbonyl (C=O) groups excluding carboxylic acids is 1. The molecule has 3 rings (SSSR count). The zero-order valence-corrected chi connectivity index (χ0v) is 13.5. The highest BCUT2D eigenvalue weighted by atomic mass is 31.1. The highest BCUT2D eigenvalue weighted by Crippen LogP contribution is 2.67. The number of benzene rings is 1. The third kappa shape index (κ3) is 1.93. The van der Waals surface area contributed by atoms with Crippen molar-refractivity contribution in [3.8, 4) is 0 Å². The third-order valence-electron chi connectivity index (χ3n) is 4.87. The van der Waals surface area contributed by atoms with Crippen LogP contribution < -0.4 is 5.30 Å². The van der Waals surface area contributed by atoms with E-state index in [1.807, 2.05) is 14.1 Å². The van der Waals surface area contributed by atoms with Gasteiger partial charge in [0.05, 0.1) is 0 Å². The van der Waals surface area contributed by atoms with Gasteiger partial charge < -0.3 is 4.90 Å². The van der Waals surface area contributed by atoms with Gasteiger partial charge in [-0.3, -0.25) is 4.79 Å². The van der Waals surface area contributed by atoms with Crippen molar-refractivity contribution < 1.29 is 4.79 Å². The molecule has 0 N–H and O–H groups in total. The molecule has 2 bridgehead atoms. The van der Waals surface area contributed by atoms with Gasteiger partial charge in [-0.1, -0.05) is 49.4 Å². The second-order valence-corrected chi connectivity index (χ2v) is 8.65. The Morgan fingerprint density at radius 2 is 1.80 bits per heavy atom. The number of carbonyl (C=O) groups is 1. The summed E-state index contributed by atoms with van der Waals surface area (Å²) in [6.45, 7) is 4.52. The number of rotatable bonds is 2. The van der Waals surface area contributed by atoms with E-state index >= 15 is 0 Å². The van der Waals surface area contributed by atoms with E-state index in [4.69, 9.17) is 0 Å². The van der Waals surface area contributed by atoms with Gasteiger partial charge >= 0.3 is 0 Å². The van der Waals surface area contributed by atoms with Gasteiger partial charge in [-0.15, -0.1) is 0 Å². The molecule has 20 heavy (non-hydrogen) atoms. The summed E-state index contributed by atoms with van der Waals surface area (Å²) in [6.07, 6.45) is 1.05. The summed E-state index contributed by atoms with van der Waals surface area (Å²) in [4.78, 5) is 14.2. The molecule has 106 valence electrons. The van der Waals surface area contributed by atoms with Crippen LogP contribution in [0.2, 0.25) is 0 Å². The van der Waals surface area contributed by atoms with Crippen LogP contribution >= 0.6 is 7.92 Å². The van der Waals surface area contributed by atoms with E-state index in [0.29, 0.717) is 17.2 Å². The van der Waals surface area contributed by atoms with Crippen LogP contribution in [0, 0.1) is 5.92 Å². The number of hydrogen-bond acceptors (Lipinski definition) is 1. The van der Waals surface area contributed by atoms with Crippen LogP contribution in [0.15, 0.2) is 41.5 Å². The maximum atomic E-state index is 12.5. The van der Waals surface area contributed by atoms with E-state index in [2.05, 4.69) is 44.2 Å². The molecule has 0 aliphatic carbocycles. The number of nitrogens with zero attached hydrogens (tertiary/aromatic N) is 1. The summed E-state index contributed by atoms with van der Waals surface area (Å²) in [6, 6.07) is 10.8. The quantitative estimate of drug-likeness (QED) is 0.605. The smallest absolute Gasteiger partial charge is 0.226 e. The summed E-state index contributed by atoms with van der Waals surface area (Å²) < 4.78 is 0. The Labute approximate surface area is 122 Å². The Balaban J connectivity index is 1.98. The molecule has 0 saturated carbocycles. The maximum absolute atomic E-state index is 12.5. The summed E-state index contributed by atoms with van der Waals surface area (Å²) in [5.74, 6) is 0.512. The fourth-order valence-corrected chi connectivity index (χ4v) is 7.69. The summed E-state index contributed by atoms with van der Waals surface area (Å²) in [7, 11) is 3.51. The first-order valence-corrected chi connectivity index (χ1v) is 8.72. The van der Waals surface area contributed by atoms with Crippen molar-refractivity contribution in [3.63, 3.8) is 0 Å². The molecule has 1 fully saturated rings. The molecule has 4 atom stereocenters. The average Bonchev–Trinajstić information content (AvgIpc) is 2.94. The lowest BCUT2D eigenvalue weighted by Crippen LogP contribution is -2.35. The molecule has 2 nitrogen and oxygen atoms in total. The van der Waals surface area contributed by atoms with Gasteiger partial charge in [0.15, 0.2) is 0 Å². The molecule has 1 amide bonds. The topological polar surface area (TPSA) is 20.3 Å². The van der Waals surface area contributed by atoms with Gasteiger partial charge in [0.1, 0.15) is 0 Å². The van der Waals surface area contributed by atoms with Gasteiger partial charge in [0.2, 0.25) is 5.91 Å². The number of hydrogen-bond donors (Lipinski definition) is 0. The number of amides is 1. The molecule has 0 aromatic heterocycles. The first kappa shape index (κ1) is 13.8. The van der Waals surface area contributed by atoms with Gasteiger partial charge in [0, 0.05) is 31.3 Å². The van der Waals surface area contributed by atoms with Crippen LogP contribution in [-0.2, 0) is 4.79 Å². The van der Waals surface area contributed by atoms with Crippen molar-refractivity contribution in [1.29, 1.82) is 0 Å². The second kappa shape index (κ2) is 5.00. The van der Waals surface area contributed by atoms with Crippen LogP contribution in [0.25, 0.3) is 0 Å². The van der Waals surface area contributed by atoms with E-state index in [1.165, 1.54) is 10.9 Å². The molecule has 2 aliphatic heterocycles. The Morgan fingerprint density at radius 1 is 1.15 bits per heavy atom. The highest BCUT2D eigenvalue weighted by Gasteiger charge is 2.53. The van der Waals surface area contributed by atoms with Gasteiger partial charge in [-0.25, -0.2) is 0 Å². The molecular weight excluding hydrogens is 265 g/mol. The third-order valence-corrected chi connectivity index (χ3v) is 8.38. The standard InChI is InChI=1S/C17H22NOP/c1-11-12(2)16-14(17(19)18(3)4)10-15(11)20(16)13-8-6-5-7-9-13/h5-9,14-16H,10H2,1-4H3/t14-,15-,16-,20-/m1/s1. The molecule has 1 saturated heterocycles. The molecule has 0 radical (unpaired) electrons. The summed E-state index contributed by atoms with van der Waals surface area (Å²) in [5, 5.41) is 1.46. The fourth-order valence-electron chi connectivity index (χ4n) is 3.77. The Hall–Kier alpha value is -1.14. The van der Waals surface area contributed by atoms with Crippen LogP contribution in [-0.4, -0.2) is 36.2 Å². The Morgan fingerprint density at radius 3 is 2.40 bits per heavy atom. The number of allylic oxidation sites excluding steroid dienone is 2. The van der Waals surface area contributed by atoms with Crippen LogP contribution in [0.3, 0.4) is 0 Å². The zero-order chi connectivity index (χ0) is 14.4. The lowest BCUT2D eigenvalue weighted by atomic mass is 9.84. The normalized spacial score (nSPS) is 31.8. The lowest BCUT2D eigenvalue weighted by Gasteiger charge is -2.26. The van der Waals surface area contributed by atoms with Crippen molar-refractivity contribution in [2.24, 2.45) is 5.92 Å². The van der Waals surface area contributed by atoms with Crippen LogP contribution in [0.4, 0.5) is 0 Å². The zero-order valence-electron chi connectivity index (χ0n) is 12.6.